The third-order valence-corrected chi connectivity index (χ3v) is 4.71. The van der Waals surface area contributed by atoms with Crippen LogP contribution in [0.25, 0.3) is 0 Å². The van der Waals surface area contributed by atoms with Crippen LogP contribution in [0.3, 0.4) is 0 Å². The fourth-order valence-corrected chi connectivity index (χ4v) is 3.02. The van der Waals surface area contributed by atoms with Crippen molar-refractivity contribution >= 4 is 69.2 Å². The molecule has 0 atom stereocenters. The minimum Gasteiger partial charge on any atom is -0.325 e. The number of amides is 3. The molecule has 6 nitrogen and oxygen atoms in total. The van der Waals surface area contributed by atoms with Crippen LogP contribution in [0.2, 0.25) is 10.0 Å². The number of carbonyl (C=O) groups is 3. The summed E-state index contributed by atoms with van der Waals surface area (Å²) in [6, 6.07) is 11.6. The molecule has 2 rings (SSSR count). The van der Waals surface area contributed by atoms with Crippen LogP contribution in [0.15, 0.2) is 42.5 Å². The quantitative estimate of drug-likeness (QED) is 0.427. The van der Waals surface area contributed by atoms with Gasteiger partial charge in [0, 0.05) is 21.4 Å². The van der Waals surface area contributed by atoms with Crippen molar-refractivity contribution in [2.24, 2.45) is 0 Å². The number of hydrazine groups is 1. The second-order valence-electron chi connectivity index (χ2n) is 5.15. The molecule has 0 saturated heterocycles. The van der Waals surface area contributed by atoms with Crippen molar-refractivity contribution in [2.75, 3.05) is 5.32 Å². The van der Waals surface area contributed by atoms with Crippen molar-refractivity contribution in [3.8, 4) is 0 Å². The molecule has 26 heavy (non-hydrogen) atoms. The molecular weight excluding hydrogens is 492 g/mol. The lowest BCUT2D eigenvalue weighted by atomic mass is 10.2. The molecule has 0 aliphatic heterocycles. The number of nitrogens with one attached hydrogen (secondary N) is 3. The van der Waals surface area contributed by atoms with Crippen molar-refractivity contribution in [1.29, 1.82) is 0 Å². The predicted molar refractivity (Wildman–Crippen MR) is 109 cm³/mol. The lowest BCUT2D eigenvalue weighted by Crippen LogP contribution is -2.42. The molecule has 0 spiro atoms. The molecule has 3 N–H and O–H groups in total. The van der Waals surface area contributed by atoms with E-state index in [9.17, 15) is 14.4 Å². The van der Waals surface area contributed by atoms with Gasteiger partial charge >= 0.3 is 0 Å². The molecule has 0 aliphatic carbocycles. The zero-order valence-electron chi connectivity index (χ0n) is 13.3. The number of hydrogen-bond donors (Lipinski definition) is 3. The van der Waals surface area contributed by atoms with E-state index in [0.717, 1.165) is 3.57 Å². The van der Waals surface area contributed by atoms with Gasteiger partial charge in [-0.15, -0.1) is 0 Å². The Kier molecular flexibility index (Phi) is 7.67. The first-order chi connectivity index (χ1) is 12.4. The summed E-state index contributed by atoms with van der Waals surface area (Å²) in [6.07, 6.45) is -0.160. The van der Waals surface area contributed by atoms with Crippen LogP contribution in [0.1, 0.15) is 23.2 Å². The number of anilines is 1. The maximum Gasteiger partial charge on any atom is 0.270 e. The van der Waals surface area contributed by atoms with Crippen molar-refractivity contribution in [3.63, 3.8) is 0 Å². The van der Waals surface area contributed by atoms with Gasteiger partial charge in [-0.05, 0) is 52.9 Å². The van der Waals surface area contributed by atoms with Gasteiger partial charge in [0.2, 0.25) is 11.8 Å². The van der Waals surface area contributed by atoms with Gasteiger partial charge in [0.05, 0.1) is 16.3 Å². The predicted octanol–water partition coefficient (Wildman–Crippen LogP) is 3.78. The lowest BCUT2D eigenvalue weighted by Gasteiger charge is -2.09. The number of halogens is 3. The summed E-state index contributed by atoms with van der Waals surface area (Å²) in [6.45, 7) is 0. The molecule has 0 aromatic heterocycles. The van der Waals surface area contributed by atoms with Crippen molar-refractivity contribution in [3.05, 3.63) is 61.6 Å². The highest BCUT2D eigenvalue weighted by Gasteiger charge is 2.12. The van der Waals surface area contributed by atoms with Crippen LogP contribution in [0.5, 0.6) is 0 Å². The lowest BCUT2D eigenvalue weighted by molar-refractivity contribution is -0.124. The van der Waals surface area contributed by atoms with Crippen LogP contribution in [-0.4, -0.2) is 17.7 Å². The van der Waals surface area contributed by atoms with Crippen molar-refractivity contribution in [2.45, 2.75) is 12.8 Å². The molecule has 2 aromatic carbocycles. The highest BCUT2D eigenvalue weighted by Crippen LogP contribution is 2.25. The van der Waals surface area contributed by atoms with Gasteiger partial charge < -0.3 is 5.32 Å². The van der Waals surface area contributed by atoms with E-state index >= 15 is 0 Å². The Hall–Kier alpha value is -1.84. The minimum atomic E-state index is -0.485. The van der Waals surface area contributed by atoms with E-state index in [1.165, 1.54) is 6.07 Å². The zero-order valence-corrected chi connectivity index (χ0v) is 17.0. The molecule has 0 saturated carbocycles. The van der Waals surface area contributed by atoms with E-state index in [0.29, 0.717) is 21.3 Å². The highest BCUT2D eigenvalue weighted by molar-refractivity contribution is 14.1. The molecule has 0 heterocycles. The largest absolute Gasteiger partial charge is 0.325 e. The fourth-order valence-electron chi connectivity index (χ4n) is 1.93. The summed E-state index contributed by atoms with van der Waals surface area (Å²) in [5, 5.41) is 3.35. The molecule has 9 heteroatoms. The standard InChI is InChI=1S/C17H14Cl2IN3O3/c18-10-5-6-14(12(19)9-10)21-15(24)7-8-16(25)22-23-17(26)11-3-1-2-4-13(11)20/h1-6,9H,7-8H2,(H,21,24)(H,22,25)(H,23,26). The molecule has 0 radical (unpaired) electrons. The van der Waals surface area contributed by atoms with Gasteiger partial charge in [-0.25, -0.2) is 0 Å². The maximum absolute atomic E-state index is 12.0. The van der Waals surface area contributed by atoms with Gasteiger partial charge in [0.15, 0.2) is 0 Å². The van der Waals surface area contributed by atoms with Crippen LogP contribution in [-0.2, 0) is 9.59 Å². The maximum atomic E-state index is 12.0. The van der Waals surface area contributed by atoms with Gasteiger partial charge in [-0.1, -0.05) is 35.3 Å². The Morgan fingerprint density at radius 3 is 2.31 bits per heavy atom. The smallest absolute Gasteiger partial charge is 0.270 e. The Morgan fingerprint density at radius 2 is 1.62 bits per heavy atom. The van der Waals surface area contributed by atoms with Gasteiger partial charge in [0.25, 0.3) is 5.91 Å². The first-order valence-electron chi connectivity index (χ1n) is 7.45. The van der Waals surface area contributed by atoms with E-state index in [-0.39, 0.29) is 18.7 Å². The average Bonchev–Trinajstić information content (AvgIpc) is 2.60. The van der Waals surface area contributed by atoms with Gasteiger partial charge in [0.1, 0.15) is 0 Å². The minimum absolute atomic E-state index is 0.0659. The Labute approximate surface area is 173 Å². The average molecular weight is 506 g/mol. The molecule has 0 bridgehead atoms. The first kappa shape index (κ1) is 20.5. The highest BCUT2D eigenvalue weighted by atomic mass is 127. The molecule has 2 aromatic rings. The number of rotatable bonds is 5. The number of carbonyl (C=O) groups excluding carboxylic acids is 3. The van der Waals surface area contributed by atoms with E-state index in [1.807, 2.05) is 28.7 Å². The van der Waals surface area contributed by atoms with Crippen molar-refractivity contribution < 1.29 is 14.4 Å². The third kappa shape index (κ3) is 6.15. The summed E-state index contributed by atoms with van der Waals surface area (Å²) < 4.78 is 0.760. The van der Waals surface area contributed by atoms with Gasteiger partial charge in [-0.2, -0.15) is 0 Å². The molecule has 0 unspecified atom stereocenters. The zero-order chi connectivity index (χ0) is 19.1. The van der Waals surface area contributed by atoms with Crippen LogP contribution in [0.4, 0.5) is 5.69 Å². The van der Waals surface area contributed by atoms with Crippen LogP contribution in [0, 0.1) is 3.57 Å². The Balaban J connectivity index is 1.77. The molecule has 0 aliphatic rings. The summed E-state index contributed by atoms with van der Waals surface area (Å²) in [7, 11) is 0. The summed E-state index contributed by atoms with van der Waals surface area (Å²) in [5.41, 5.74) is 5.46. The van der Waals surface area contributed by atoms with Crippen LogP contribution >= 0.6 is 45.8 Å². The first-order valence-corrected chi connectivity index (χ1v) is 9.29. The summed E-state index contributed by atoms with van der Waals surface area (Å²) >= 11 is 13.8. The molecule has 0 fully saturated rings. The Bertz CT molecular complexity index is 846. The monoisotopic (exact) mass is 505 g/mol. The van der Waals surface area contributed by atoms with Gasteiger partial charge in [-0.3, -0.25) is 25.2 Å². The number of benzene rings is 2. The second-order valence-corrected chi connectivity index (χ2v) is 7.16. The SMILES string of the molecule is O=C(CCC(=O)Nc1ccc(Cl)cc1Cl)NNC(=O)c1ccccc1I. The summed E-state index contributed by atoms with van der Waals surface area (Å²) in [5.74, 6) is -1.30. The Morgan fingerprint density at radius 1 is 0.923 bits per heavy atom. The van der Waals surface area contributed by atoms with E-state index < -0.39 is 11.8 Å². The van der Waals surface area contributed by atoms with E-state index in [1.54, 1.807) is 30.3 Å². The fraction of sp³-hybridized carbons (Fsp3) is 0.118. The van der Waals surface area contributed by atoms with Crippen LogP contribution < -0.4 is 16.2 Å². The summed E-state index contributed by atoms with van der Waals surface area (Å²) in [4.78, 5) is 35.6. The third-order valence-electron chi connectivity index (χ3n) is 3.22. The van der Waals surface area contributed by atoms with Crippen molar-refractivity contribution in [1.82, 2.24) is 10.9 Å². The van der Waals surface area contributed by atoms with E-state index in [4.69, 9.17) is 23.2 Å². The molecular formula is C17H14Cl2IN3O3. The number of hydrogen-bond acceptors (Lipinski definition) is 3. The normalized spacial score (nSPS) is 10.1. The molecule has 136 valence electrons. The van der Waals surface area contributed by atoms with E-state index in [2.05, 4.69) is 16.2 Å². The molecule has 3 amide bonds. The topological polar surface area (TPSA) is 87.3 Å². The second kappa shape index (κ2) is 9.75.